The molecule has 1 aromatic heterocycles. The number of nitrogens with zero attached hydrogens (tertiary/aromatic N) is 3. The molecule has 7 rings (SSSR count). The van der Waals surface area contributed by atoms with Gasteiger partial charge in [0.05, 0.1) is 49.4 Å². The van der Waals surface area contributed by atoms with Crippen molar-refractivity contribution < 1.29 is 18.7 Å². The summed E-state index contributed by atoms with van der Waals surface area (Å²) >= 11 is 0. The topological polar surface area (TPSA) is 99.5 Å². The molecule has 2 N–H and O–H groups in total. The highest BCUT2D eigenvalue weighted by Gasteiger charge is 2.46. The third-order valence-corrected chi connectivity index (χ3v) is 10.3. The molecule has 6 aliphatic rings. The smallest absolute Gasteiger partial charge is 0.238 e. The number of piperidine rings is 2. The molecule has 5 heterocycles. The van der Waals surface area contributed by atoms with Gasteiger partial charge in [0, 0.05) is 37.0 Å². The van der Waals surface area contributed by atoms with Gasteiger partial charge in [-0.1, -0.05) is 25.1 Å². The van der Waals surface area contributed by atoms with Crippen molar-refractivity contribution in [2.75, 3.05) is 26.3 Å². The number of carbonyl (C=O) groups is 1. The Morgan fingerprint density at radius 1 is 1.30 bits per heavy atom. The van der Waals surface area contributed by atoms with Crippen LogP contribution in [0.1, 0.15) is 62.4 Å². The average molecular weight is 548 g/mol. The van der Waals surface area contributed by atoms with E-state index in [0.29, 0.717) is 30.2 Å². The molecule has 2 unspecified atom stereocenters. The van der Waals surface area contributed by atoms with Crippen molar-refractivity contribution in [1.29, 1.82) is 5.26 Å². The van der Waals surface area contributed by atoms with Crippen LogP contribution in [0.15, 0.2) is 29.9 Å². The fourth-order valence-electron chi connectivity index (χ4n) is 7.70. The van der Waals surface area contributed by atoms with E-state index in [9.17, 15) is 10.1 Å². The van der Waals surface area contributed by atoms with Crippen molar-refractivity contribution in [3.8, 4) is 6.07 Å². The molecule has 1 aromatic rings. The zero-order valence-corrected chi connectivity index (χ0v) is 23.1. The van der Waals surface area contributed by atoms with Crippen molar-refractivity contribution in [3.05, 3.63) is 46.8 Å². The van der Waals surface area contributed by atoms with E-state index in [1.54, 1.807) is 6.08 Å². The second-order valence-electron chi connectivity index (χ2n) is 12.6. The zero-order chi connectivity index (χ0) is 27.4. The predicted molar refractivity (Wildman–Crippen MR) is 146 cm³/mol. The van der Waals surface area contributed by atoms with Crippen LogP contribution in [0, 0.1) is 23.2 Å². The van der Waals surface area contributed by atoms with Gasteiger partial charge >= 0.3 is 0 Å². The number of nitriles is 1. The van der Waals surface area contributed by atoms with Gasteiger partial charge in [0.1, 0.15) is 17.8 Å². The lowest BCUT2D eigenvalue weighted by atomic mass is 9.82. The summed E-state index contributed by atoms with van der Waals surface area (Å²) < 4.78 is 27.6. The molecule has 4 aliphatic heterocycles. The Morgan fingerprint density at radius 2 is 2.12 bits per heavy atom. The summed E-state index contributed by atoms with van der Waals surface area (Å²) in [4.78, 5) is 20.4. The van der Waals surface area contributed by atoms with Crippen LogP contribution in [0.3, 0.4) is 0 Å². The molecule has 2 bridgehead atoms. The molecule has 3 saturated heterocycles. The van der Waals surface area contributed by atoms with Gasteiger partial charge in [-0.2, -0.15) is 5.26 Å². The first kappa shape index (κ1) is 26.3. The second-order valence-corrected chi connectivity index (χ2v) is 12.6. The van der Waals surface area contributed by atoms with Crippen LogP contribution in [-0.2, 0) is 26.5 Å². The number of alkyl halides is 1. The number of halogens is 1. The first-order chi connectivity index (χ1) is 19.4. The van der Waals surface area contributed by atoms with Crippen LogP contribution in [0.5, 0.6) is 0 Å². The van der Waals surface area contributed by atoms with E-state index < -0.39 is 18.1 Å². The fourth-order valence-corrected chi connectivity index (χ4v) is 7.70. The van der Waals surface area contributed by atoms with Crippen LogP contribution in [0.25, 0.3) is 5.57 Å². The largest absolute Gasteiger partial charge is 0.378 e. The van der Waals surface area contributed by atoms with Gasteiger partial charge in [0.25, 0.3) is 0 Å². The van der Waals surface area contributed by atoms with Crippen LogP contribution < -0.4 is 10.6 Å². The highest BCUT2D eigenvalue weighted by atomic mass is 19.1. The van der Waals surface area contributed by atoms with E-state index >= 15 is 4.39 Å². The molecule has 212 valence electrons. The number of rotatable bonds is 6. The molecular weight excluding hydrogens is 509 g/mol. The summed E-state index contributed by atoms with van der Waals surface area (Å²) in [5.41, 5.74) is 3.95. The van der Waals surface area contributed by atoms with E-state index in [-0.39, 0.29) is 24.0 Å². The third-order valence-electron chi connectivity index (χ3n) is 10.3. The Labute approximate surface area is 235 Å². The second kappa shape index (κ2) is 10.3. The van der Waals surface area contributed by atoms with Gasteiger partial charge in [0.2, 0.25) is 5.91 Å². The standard InChI is InChI=1S/C31H38FN5O3/c1-18-25(6-3-19(27(18)32)12-23(14-33)35-30(38)28-20-2-5-22(13-20)34-28)26-7-4-21-15-40-31(29(21)36-26)8-10-37(11-9-31)24-16-39-17-24/h3-4,6-7,18,20,22-24,27-28,34H,2,5,8-13,15-17H2,1H3,(H,35,38)/t18?,20-,22+,23-,27?,28-/m0/s1. The molecule has 4 fully saturated rings. The van der Waals surface area contributed by atoms with E-state index in [1.807, 2.05) is 19.1 Å². The van der Waals surface area contributed by atoms with E-state index in [0.717, 1.165) is 80.9 Å². The van der Waals surface area contributed by atoms with Gasteiger partial charge in [-0.05, 0) is 55.2 Å². The Hall–Kier alpha value is -2.64. The van der Waals surface area contributed by atoms with Crippen molar-refractivity contribution in [1.82, 2.24) is 20.5 Å². The summed E-state index contributed by atoms with van der Waals surface area (Å²) in [6.07, 6.45) is 7.64. The number of aromatic nitrogens is 1. The lowest BCUT2D eigenvalue weighted by Gasteiger charge is -2.44. The summed E-state index contributed by atoms with van der Waals surface area (Å²) in [7, 11) is 0. The Morgan fingerprint density at radius 3 is 2.80 bits per heavy atom. The van der Waals surface area contributed by atoms with Crippen molar-refractivity contribution in [2.24, 2.45) is 11.8 Å². The molecule has 1 saturated carbocycles. The molecule has 2 aliphatic carbocycles. The number of nitrogens with one attached hydrogen (secondary N) is 2. The van der Waals surface area contributed by atoms with Crippen molar-refractivity contribution in [2.45, 2.75) is 88.0 Å². The Balaban J connectivity index is 1.05. The molecule has 6 atom stereocenters. The van der Waals surface area contributed by atoms with Gasteiger partial charge in [0.15, 0.2) is 0 Å². The average Bonchev–Trinajstić information content (AvgIpc) is 3.67. The number of hydrogen-bond acceptors (Lipinski definition) is 7. The molecule has 9 heteroatoms. The number of pyridine rings is 1. The number of hydrogen-bond donors (Lipinski definition) is 2. The molecule has 1 spiro atoms. The molecule has 40 heavy (non-hydrogen) atoms. The minimum absolute atomic E-state index is 0.139. The first-order valence-corrected chi connectivity index (χ1v) is 14.9. The highest BCUT2D eigenvalue weighted by Crippen LogP contribution is 2.45. The van der Waals surface area contributed by atoms with Gasteiger partial charge in [-0.15, -0.1) is 0 Å². The third kappa shape index (κ3) is 4.50. The zero-order valence-electron chi connectivity index (χ0n) is 23.1. The minimum atomic E-state index is -1.25. The lowest BCUT2D eigenvalue weighted by Crippen LogP contribution is -2.54. The minimum Gasteiger partial charge on any atom is -0.378 e. The van der Waals surface area contributed by atoms with Crippen molar-refractivity contribution in [3.63, 3.8) is 0 Å². The van der Waals surface area contributed by atoms with Crippen LogP contribution in [0.2, 0.25) is 0 Å². The van der Waals surface area contributed by atoms with E-state index in [4.69, 9.17) is 14.5 Å². The van der Waals surface area contributed by atoms with Crippen LogP contribution in [-0.4, -0.2) is 72.4 Å². The number of fused-ring (bicyclic) bond motifs is 4. The summed E-state index contributed by atoms with van der Waals surface area (Å²) in [6, 6.07) is 6.19. The van der Waals surface area contributed by atoms with E-state index in [2.05, 4.69) is 27.7 Å². The summed E-state index contributed by atoms with van der Waals surface area (Å²) in [6.45, 7) is 6.01. The van der Waals surface area contributed by atoms with E-state index in [1.165, 1.54) is 0 Å². The van der Waals surface area contributed by atoms with Crippen molar-refractivity contribution >= 4 is 11.5 Å². The monoisotopic (exact) mass is 547 g/mol. The predicted octanol–water partition coefficient (Wildman–Crippen LogP) is 3.14. The summed E-state index contributed by atoms with van der Waals surface area (Å²) in [5, 5.41) is 16.0. The number of likely N-dealkylation sites (tertiary alicyclic amines) is 1. The molecule has 0 radical (unpaired) electrons. The Bertz CT molecular complexity index is 1280. The maximum absolute atomic E-state index is 15.8. The molecular formula is C31H38FN5O3. The Kier molecular flexibility index (Phi) is 6.78. The molecule has 8 nitrogen and oxygen atoms in total. The fraction of sp³-hybridized carbons (Fsp3) is 0.645. The normalized spacial score (nSPS) is 33.6. The maximum Gasteiger partial charge on any atom is 0.238 e. The molecule has 0 aromatic carbocycles. The van der Waals surface area contributed by atoms with Gasteiger partial charge < -0.3 is 20.1 Å². The number of ether oxygens (including phenoxy) is 2. The lowest BCUT2D eigenvalue weighted by molar-refractivity contribution is -0.124. The first-order valence-electron chi connectivity index (χ1n) is 14.9. The van der Waals surface area contributed by atoms with Crippen LogP contribution in [0.4, 0.5) is 4.39 Å². The quantitative estimate of drug-likeness (QED) is 0.565. The molecule has 1 amide bonds. The highest BCUT2D eigenvalue weighted by molar-refractivity contribution is 5.83. The summed E-state index contributed by atoms with van der Waals surface area (Å²) in [5.74, 6) is -0.210. The van der Waals surface area contributed by atoms with Crippen LogP contribution >= 0.6 is 0 Å². The number of carbonyl (C=O) groups excluding carboxylic acids is 1. The maximum atomic E-state index is 15.8. The SMILES string of the molecule is CC1C(c2ccc3c(n2)C2(CCN(C4COC4)CC2)OC3)=CC=C(C[C@@H](C#N)NC(=O)[C@H]2N[C@@H]3CC[C@H]2C3)C1F. The van der Waals surface area contributed by atoms with Gasteiger partial charge in [-0.25, -0.2) is 9.37 Å². The number of amides is 1. The van der Waals surface area contributed by atoms with Gasteiger partial charge in [-0.3, -0.25) is 9.69 Å². The number of allylic oxidation sites excluding steroid dienone is 3.